The summed E-state index contributed by atoms with van der Waals surface area (Å²) in [6, 6.07) is 15.3. The Hall–Kier alpha value is -4.93. The molecule has 0 radical (unpaired) electrons. The highest BCUT2D eigenvalue weighted by atomic mass is 19.1. The molecule has 1 saturated carbocycles. The molecule has 1 aromatic heterocycles. The SMILES string of the molecule is Nc1c(C(=O)c2ccc(F)cc2F)ccc(=O)n1-c1c(F)cc(OCCCC[C@H](C(=O)OC2CCCC2)c2ccccc2)cc1F. The summed E-state index contributed by atoms with van der Waals surface area (Å²) in [7, 11) is 0. The predicted octanol–water partition coefficient (Wildman–Crippen LogP) is 7.03. The molecule has 1 atom stereocenters. The number of halogens is 4. The lowest BCUT2D eigenvalue weighted by atomic mass is 9.93. The standard InChI is InChI=1S/C35H32F4N2O5/c36-22-13-14-26(28(37)18-22)33(43)27-15-16-31(42)41(34(27)40)32-29(38)19-24(20-30(32)39)45-17-7-6-12-25(21-8-2-1-3-9-21)35(44)46-23-10-4-5-11-23/h1-3,8-9,13-16,18-20,23,25H,4-7,10-12,17,40H2/t25-/m0/s1. The molecule has 1 aliphatic rings. The average Bonchev–Trinajstić information content (AvgIpc) is 3.53. The van der Waals surface area contributed by atoms with Crippen molar-refractivity contribution in [3.05, 3.63) is 123 Å². The number of pyridine rings is 1. The second-order valence-corrected chi connectivity index (χ2v) is 11.1. The highest BCUT2D eigenvalue weighted by molar-refractivity contribution is 6.11. The summed E-state index contributed by atoms with van der Waals surface area (Å²) in [4.78, 5) is 38.6. The molecule has 0 aliphatic heterocycles. The number of anilines is 1. The van der Waals surface area contributed by atoms with Gasteiger partial charge in [-0.05, 0) is 68.7 Å². The van der Waals surface area contributed by atoms with E-state index in [1.54, 1.807) is 0 Å². The number of ether oxygens (including phenoxy) is 2. The van der Waals surface area contributed by atoms with Crippen molar-refractivity contribution in [2.24, 2.45) is 0 Å². The number of hydrogen-bond donors (Lipinski definition) is 1. The molecule has 2 N–H and O–H groups in total. The van der Waals surface area contributed by atoms with E-state index in [9.17, 15) is 23.2 Å². The maximum absolute atomic E-state index is 15.3. The number of carbonyl (C=O) groups excluding carboxylic acids is 2. The van der Waals surface area contributed by atoms with Crippen LogP contribution in [0.1, 0.15) is 72.3 Å². The van der Waals surface area contributed by atoms with Crippen molar-refractivity contribution in [1.82, 2.24) is 4.57 Å². The molecule has 5 rings (SSSR count). The Morgan fingerprint density at radius 2 is 1.52 bits per heavy atom. The molecule has 1 heterocycles. The van der Waals surface area contributed by atoms with Crippen LogP contribution in [-0.4, -0.2) is 29.0 Å². The third-order valence-electron chi connectivity index (χ3n) is 7.99. The van der Waals surface area contributed by atoms with Gasteiger partial charge in [0.05, 0.1) is 23.7 Å². The second kappa shape index (κ2) is 14.4. The van der Waals surface area contributed by atoms with Crippen molar-refractivity contribution >= 4 is 17.6 Å². The highest BCUT2D eigenvalue weighted by Gasteiger charge is 2.27. The van der Waals surface area contributed by atoms with E-state index in [4.69, 9.17) is 15.2 Å². The number of unbranched alkanes of at least 4 members (excludes halogenated alkanes) is 1. The maximum atomic E-state index is 15.3. The summed E-state index contributed by atoms with van der Waals surface area (Å²) in [6.07, 6.45) is 5.32. The molecular formula is C35H32F4N2O5. The lowest BCUT2D eigenvalue weighted by Gasteiger charge is -2.19. The Morgan fingerprint density at radius 1 is 0.848 bits per heavy atom. The van der Waals surface area contributed by atoms with E-state index in [1.807, 2.05) is 30.3 Å². The molecule has 7 nitrogen and oxygen atoms in total. The van der Waals surface area contributed by atoms with Crippen LogP contribution < -0.4 is 16.0 Å². The van der Waals surface area contributed by atoms with Crippen molar-refractivity contribution in [2.75, 3.05) is 12.3 Å². The van der Waals surface area contributed by atoms with Crippen molar-refractivity contribution in [3.8, 4) is 11.4 Å². The van der Waals surface area contributed by atoms with E-state index >= 15 is 8.78 Å². The van der Waals surface area contributed by atoms with Gasteiger partial charge in [-0.3, -0.25) is 19.0 Å². The molecule has 3 aromatic carbocycles. The molecule has 1 fully saturated rings. The first kappa shape index (κ1) is 32.5. The first-order valence-corrected chi connectivity index (χ1v) is 15.0. The number of carbonyl (C=O) groups is 2. The summed E-state index contributed by atoms with van der Waals surface area (Å²) < 4.78 is 69.9. The quantitative estimate of drug-likeness (QED) is 0.0776. The molecular weight excluding hydrogens is 604 g/mol. The van der Waals surface area contributed by atoms with Crippen LogP contribution in [0.5, 0.6) is 5.75 Å². The molecule has 4 aromatic rings. The van der Waals surface area contributed by atoms with Crippen LogP contribution >= 0.6 is 0 Å². The predicted molar refractivity (Wildman–Crippen MR) is 163 cm³/mol. The highest BCUT2D eigenvalue weighted by Crippen LogP contribution is 2.30. The Morgan fingerprint density at radius 3 is 2.20 bits per heavy atom. The third kappa shape index (κ3) is 7.30. The number of aromatic nitrogens is 1. The van der Waals surface area contributed by atoms with Crippen LogP contribution in [0.15, 0.2) is 77.6 Å². The molecule has 0 unspecified atom stereocenters. The molecule has 0 bridgehead atoms. The zero-order valence-electron chi connectivity index (χ0n) is 24.8. The summed E-state index contributed by atoms with van der Waals surface area (Å²) in [5.74, 6) is -6.96. The van der Waals surface area contributed by atoms with Crippen LogP contribution in [0, 0.1) is 23.3 Å². The summed E-state index contributed by atoms with van der Waals surface area (Å²) >= 11 is 0. The molecule has 240 valence electrons. The van der Waals surface area contributed by atoms with Crippen LogP contribution in [-0.2, 0) is 9.53 Å². The Bertz CT molecular complexity index is 1760. The van der Waals surface area contributed by atoms with E-state index < -0.39 is 63.2 Å². The van der Waals surface area contributed by atoms with Gasteiger partial charge in [0.2, 0.25) is 0 Å². The van der Waals surface area contributed by atoms with Gasteiger partial charge < -0.3 is 15.2 Å². The monoisotopic (exact) mass is 636 g/mol. The zero-order chi connectivity index (χ0) is 32.8. The minimum Gasteiger partial charge on any atom is -0.493 e. The number of nitrogens with two attached hydrogens (primary N) is 1. The fraction of sp³-hybridized carbons (Fsp3) is 0.286. The molecule has 0 saturated heterocycles. The molecule has 46 heavy (non-hydrogen) atoms. The van der Waals surface area contributed by atoms with Crippen molar-refractivity contribution < 1.29 is 36.6 Å². The average molecular weight is 637 g/mol. The number of esters is 1. The van der Waals surface area contributed by atoms with Gasteiger partial charge in [-0.25, -0.2) is 17.6 Å². The first-order chi connectivity index (χ1) is 22.1. The van der Waals surface area contributed by atoms with E-state index in [1.165, 1.54) is 0 Å². The molecule has 11 heteroatoms. The van der Waals surface area contributed by atoms with Gasteiger partial charge in [0.25, 0.3) is 5.56 Å². The van der Waals surface area contributed by atoms with Crippen LogP contribution in [0.4, 0.5) is 23.4 Å². The Balaban J connectivity index is 1.26. The van der Waals surface area contributed by atoms with Gasteiger partial charge in [-0.2, -0.15) is 0 Å². The van der Waals surface area contributed by atoms with Crippen LogP contribution in [0.2, 0.25) is 0 Å². The largest absolute Gasteiger partial charge is 0.493 e. The number of ketones is 1. The summed E-state index contributed by atoms with van der Waals surface area (Å²) in [5.41, 5.74) is 4.11. The van der Waals surface area contributed by atoms with Gasteiger partial charge in [0, 0.05) is 24.3 Å². The van der Waals surface area contributed by atoms with Crippen molar-refractivity contribution in [3.63, 3.8) is 0 Å². The number of benzene rings is 3. The van der Waals surface area contributed by atoms with Crippen LogP contribution in [0.3, 0.4) is 0 Å². The Labute approximate surface area is 262 Å². The van der Waals surface area contributed by atoms with E-state index in [-0.39, 0.29) is 24.4 Å². The Kier molecular flexibility index (Phi) is 10.2. The minimum absolute atomic E-state index is 0.0539. The van der Waals surface area contributed by atoms with Crippen LogP contribution in [0.25, 0.3) is 5.69 Å². The fourth-order valence-electron chi connectivity index (χ4n) is 5.63. The topological polar surface area (TPSA) is 101 Å². The van der Waals surface area contributed by atoms with E-state index in [0.29, 0.717) is 29.9 Å². The lowest BCUT2D eigenvalue weighted by Crippen LogP contribution is -2.25. The smallest absolute Gasteiger partial charge is 0.313 e. The minimum atomic E-state index is -1.19. The second-order valence-electron chi connectivity index (χ2n) is 11.1. The molecule has 1 aliphatic carbocycles. The van der Waals surface area contributed by atoms with Crippen molar-refractivity contribution in [2.45, 2.75) is 57.0 Å². The van der Waals surface area contributed by atoms with Gasteiger partial charge >= 0.3 is 5.97 Å². The van der Waals surface area contributed by atoms with E-state index in [2.05, 4.69) is 0 Å². The van der Waals surface area contributed by atoms with Gasteiger partial charge in [-0.1, -0.05) is 30.3 Å². The maximum Gasteiger partial charge on any atom is 0.313 e. The lowest BCUT2D eigenvalue weighted by molar-refractivity contribution is -0.150. The molecule has 0 spiro atoms. The summed E-state index contributed by atoms with van der Waals surface area (Å²) in [5, 5.41) is 0. The molecule has 0 amide bonds. The number of rotatable bonds is 12. The first-order valence-electron chi connectivity index (χ1n) is 15.0. The zero-order valence-corrected chi connectivity index (χ0v) is 24.8. The third-order valence-corrected chi connectivity index (χ3v) is 7.99. The number of hydrogen-bond acceptors (Lipinski definition) is 6. The van der Waals surface area contributed by atoms with Gasteiger partial charge in [0.1, 0.15) is 35.0 Å². The normalized spacial score (nSPS) is 13.8. The van der Waals surface area contributed by atoms with E-state index in [0.717, 1.165) is 67.6 Å². The fourth-order valence-corrected chi connectivity index (χ4v) is 5.63. The van der Waals surface area contributed by atoms with Gasteiger partial charge in [0.15, 0.2) is 17.4 Å². The van der Waals surface area contributed by atoms with Crippen molar-refractivity contribution in [1.29, 1.82) is 0 Å². The number of nitrogen functional groups attached to an aromatic ring is 1. The number of nitrogens with zero attached hydrogens (tertiary/aromatic N) is 1. The summed E-state index contributed by atoms with van der Waals surface area (Å²) in [6.45, 7) is 0.0900. The van der Waals surface area contributed by atoms with Gasteiger partial charge in [-0.15, -0.1) is 0 Å².